The Morgan fingerprint density at radius 2 is 1.91 bits per heavy atom. The Morgan fingerprint density at radius 3 is 2.59 bits per heavy atom. The van der Waals surface area contributed by atoms with E-state index in [-0.39, 0.29) is 11.8 Å². The fraction of sp³-hybridized carbons (Fsp3) is 0.308. The van der Waals surface area contributed by atoms with Crippen LogP contribution in [0.1, 0.15) is 56.1 Å². The Bertz CT molecular complexity index is 1190. The highest BCUT2D eigenvalue weighted by atomic mass is 35.5. The van der Waals surface area contributed by atoms with Crippen LogP contribution < -0.4 is 9.47 Å². The molecule has 0 spiro atoms. The molecule has 32 heavy (non-hydrogen) atoms. The molecule has 0 radical (unpaired) electrons. The summed E-state index contributed by atoms with van der Waals surface area (Å²) in [4.78, 5) is 24.3. The average molecular weight is 453 g/mol. The Labute approximate surface area is 192 Å². The maximum Gasteiger partial charge on any atom is 0.513 e. The van der Waals surface area contributed by atoms with Crippen molar-refractivity contribution in [3.63, 3.8) is 0 Å². The van der Waals surface area contributed by atoms with Crippen molar-refractivity contribution in [3.05, 3.63) is 70.3 Å². The summed E-state index contributed by atoms with van der Waals surface area (Å²) in [7, 11) is 1.27. The van der Waals surface area contributed by atoms with Crippen LogP contribution in [0.25, 0.3) is 10.8 Å². The quantitative estimate of drug-likeness (QED) is 0.155. The van der Waals surface area contributed by atoms with Crippen molar-refractivity contribution in [1.82, 2.24) is 0 Å². The number of ether oxygens (including phenoxy) is 3. The summed E-state index contributed by atoms with van der Waals surface area (Å²) in [5.41, 5.74) is 4.35. The van der Waals surface area contributed by atoms with E-state index < -0.39 is 12.1 Å². The van der Waals surface area contributed by atoms with Crippen LogP contribution in [0.3, 0.4) is 0 Å². The predicted molar refractivity (Wildman–Crippen MR) is 125 cm³/mol. The molecule has 2 atom stereocenters. The van der Waals surface area contributed by atoms with Crippen molar-refractivity contribution in [2.24, 2.45) is 0 Å². The molecule has 0 fully saturated rings. The first-order valence-electron chi connectivity index (χ1n) is 10.6. The molecule has 0 aliphatic heterocycles. The lowest BCUT2D eigenvalue weighted by molar-refractivity contribution is -0.128. The first-order valence-corrected chi connectivity index (χ1v) is 10.9. The minimum Gasteiger partial charge on any atom is -0.437 e. The van der Waals surface area contributed by atoms with Gasteiger partial charge in [-0.25, -0.2) is 9.59 Å². The third-order valence-electron chi connectivity index (χ3n) is 6.03. The van der Waals surface area contributed by atoms with Crippen molar-refractivity contribution in [2.75, 3.05) is 7.11 Å². The van der Waals surface area contributed by atoms with Gasteiger partial charge >= 0.3 is 12.1 Å². The third-order valence-corrected chi connectivity index (χ3v) is 6.26. The van der Waals surface area contributed by atoms with E-state index in [0.29, 0.717) is 27.3 Å². The molecule has 0 heterocycles. The number of methoxy groups -OCH3 is 1. The fourth-order valence-corrected chi connectivity index (χ4v) is 4.95. The molecule has 2 aromatic carbocycles. The summed E-state index contributed by atoms with van der Waals surface area (Å²) >= 11 is 6.27. The first-order chi connectivity index (χ1) is 15.3. The van der Waals surface area contributed by atoms with Crippen LogP contribution >= 0.6 is 11.6 Å². The van der Waals surface area contributed by atoms with Crippen molar-refractivity contribution in [3.8, 4) is 11.5 Å². The summed E-state index contributed by atoms with van der Waals surface area (Å²) in [5.74, 6) is 0.501. The Morgan fingerprint density at radius 1 is 1.16 bits per heavy atom. The number of hydrogen-bond acceptors (Lipinski definition) is 5. The monoisotopic (exact) mass is 452 g/mol. The van der Waals surface area contributed by atoms with Crippen LogP contribution in [-0.2, 0) is 9.53 Å². The SMILES string of the molecule is C=CC(=O)Oc1c2c(c(OC(=O)OC)c3cc(Cl)ccc13)C1C=C(CCC=C(C)C)C2C1. The van der Waals surface area contributed by atoms with Gasteiger partial charge < -0.3 is 14.2 Å². The molecule has 2 aliphatic rings. The number of allylic oxidation sites excluding steroid dienone is 4. The summed E-state index contributed by atoms with van der Waals surface area (Å²) in [6, 6.07) is 5.22. The van der Waals surface area contributed by atoms with Crippen LogP contribution in [0.4, 0.5) is 4.79 Å². The van der Waals surface area contributed by atoms with Gasteiger partial charge in [-0.15, -0.1) is 0 Å². The zero-order valence-corrected chi connectivity index (χ0v) is 19.1. The lowest BCUT2D eigenvalue weighted by Crippen LogP contribution is -2.14. The molecule has 2 aromatic rings. The second kappa shape index (κ2) is 8.83. The van der Waals surface area contributed by atoms with Crippen molar-refractivity contribution < 1.29 is 23.8 Å². The topological polar surface area (TPSA) is 61.8 Å². The van der Waals surface area contributed by atoms with Gasteiger partial charge in [-0.05, 0) is 51.3 Å². The molecule has 5 nitrogen and oxygen atoms in total. The van der Waals surface area contributed by atoms with E-state index in [0.717, 1.165) is 36.5 Å². The second-order valence-electron chi connectivity index (χ2n) is 8.31. The van der Waals surface area contributed by atoms with Crippen LogP contribution in [-0.4, -0.2) is 19.2 Å². The van der Waals surface area contributed by atoms with Crippen molar-refractivity contribution >= 4 is 34.5 Å². The highest BCUT2D eigenvalue weighted by molar-refractivity contribution is 6.31. The molecule has 166 valence electrons. The zero-order chi connectivity index (χ0) is 23.0. The molecule has 0 aromatic heterocycles. The lowest BCUT2D eigenvalue weighted by Gasteiger charge is -2.24. The molecule has 0 amide bonds. The molecule has 0 N–H and O–H groups in total. The number of rotatable bonds is 6. The molecule has 0 saturated carbocycles. The molecule has 4 rings (SSSR count). The van der Waals surface area contributed by atoms with Gasteiger partial charge in [0.1, 0.15) is 11.5 Å². The van der Waals surface area contributed by atoms with Crippen molar-refractivity contribution in [1.29, 1.82) is 0 Å². The highest BCUT2D eigenvalue weighted by Gasteiger charge is 2.44. The maximum atomic E-state index is 12.2. The normalized spacial score (nSPS) is 18.1. The molecular formula is C26H25ClO5. The average Bonchev–Trinajstić information content (AvgIpc) is 3.34. The second-order valence-corrected chi connectivity index (χ2v) is 8.75. The summed E-state index contributed by atoms with van der Waals surface area (Å²) in [6.45, 7) is 7.71. The van der Waals surface area contributed by atoms with E-state index in [2.05, 4.69) is 32.6 Å². The van der Waals surface area contributed by atoms with E-state index in [1.807, 2.05) is 0 Å². The van der Waals surface area contributed by atoms with E-state index in [4.69, 9.17) is 25.8 Å². The van der Waals surface area contributed by atoms with Crippen LogP contribution in [0, 0.1) is 0 Å². The highest BCUT2D eigenvalue weighted by Crippen LogP contribution is 2.61. The molecule has 6 heteroatoms. The number of fused-ring (bicyclic) bond motifs is 6. The largest absolute Gasteiger partial charge is 0.513 e. The molecule has 2 bridgehead atoms. The number of benzene rings is 2. The summed E-state index contributed by atoms with van der Waals surface area (Å²) < 4.78 is 16.2. The maximum absolute atomic E-state index is 12.2. The summed E-state index contributed by atoms with van der Waals surface area (Å²) in [5, 5.41) is 1.73. The van der Waals surface area contributed by atoms with Crippen LogP contribution in [0.2, 0.25) is 5.02 Å². The van der Waals surface area contributed by atoms with Gasteiger partial charge in [0.2, 0.25) is 0 Å². The standard InChI is InChI=1S/C26H25ClO5/c1-5-21(28)31-24-18-10-9-17(27)13-20(18)25(32-26(29)30-4)22-16-11-15(8-6-7-14(2)3)19(12-16)23(22)24/h5,7,9-11,13,16,19H,1,6,8,12H2,2-4H3. The predicted octanol–water partition coefficient (Wildman–Crippen LogP) is 6.99. The lowest BCUT2D eigenvalue weighted by atomic mass is 9.85. The Kier molecular flexibility index (Phi) is 6.11. The van der Waals surface area contributed by atoms with Crippen LogP contribution in [0.5, 0.6) is 11.5 Å². The summed E-state index contributed by atoms with van der Waals surface area (Å²) in [6.07, 6.45) is 7.53. The van der Waals surface area contributed by atoms with Gasteiger partial charge in [0.25, 0.3) is 0 Å². The van der Waals surface area contributed by atoms with Crippen LogP contribution in [0.15, 0.2) is 54.2 Å². The van der Waals surface area contributed by atoms with E-state index in [1.165, 1.54) is 18.3 Å². The fourth-order valence-electron chi connectivity index (χ4n) is 4.78. The van der Waals surface area contributed by atoms with E-state index in [9.17, 15) is 9.59 Å². The number of carbonyl (C=O) groups excluding carboxylic acids is 2. The van der Waals surface area contributed by atoms with E-state index >= 15 is 0 Å². The first kappa shape index (κ1) is 22.2. The van der Waals surface area contributed by atoms with Gasteiger partial charge in [-0.3, -0.25) is 0 Å². The van der Waals surface area contributed by atoms with Gasteiger partial charge in [0.05, 0.1) is 7.11 Å². The number of hydrogen-bond donors (Lipinski definition) is 0. The minimum atomic E-state index is -0.806. The Hall–Kier alpha value is -3.05. The van der Waals surface area contributed by atoms with Gasteiger partial charge in [0, 0.05) is 44.8 Å². The van der Waals surface area contributed by atoms with Crippen molar-refractivity contribution in [2.45, 2.75) is 44.9 Å². The van der Waals surface area contributed by atoms with E-state index in [1.54, 1.807) is 18.2 Å². The number of halogens is 1. The Balaban J connectivity index is 1.92. The van der Waals surface area contributed by atoms with Gasteiger partial charge in [0.15, 0.2) is 0 Å². The van der Waals surface area contributed by atoms with Gasteiger partial charge in [-0.2, -0.15) is 0 Å². The molecular weight excluding hydrogens is 428 g/mol. The molecule has 2 unspecified atom stereocenters. The number of carbonyl (C=O) groups is 2. The molecule has 2 aliphatic carbocycles. The minimum absolute atomic E-state index is 0.0564. The smallest absolute Gasteiger partial charge is 0.437 e. The molecule has 0 saturated heterocycles. The van der Waals surface area contributed by atoms with Gasteiger partial charge in [-0.1, -0.05) is 41.5 Å². The number of esters is 1. The third kappa shape index (κ3) is 3.93. The zero-order valence-electron chi connectivity index (χ0n) is 18.4.